The van der Waals surface area contributed by atoms with Gasteiger partial charge in [-0.2, -0.15) is 0 Å². The fourth-order valence-electron chi connectivity index (χ4n) is 6.35. The van der Waals surface area contributed by atoms with Gasteiger partial charge in [0.2, 0.25) is 0 Å². The molecule has 5 unspecified atom stereocenters. The summed E-state index contributed by atoms with van der Waals surface area (Å²) in [5.41, 5.74) is -0.0952. The molecule has 1 saturated heterocycles. The Labute approximate surface area is 176 Å². The van der Waals surface area contributed by atoms with Crippen molar-refractivity contribution in [1.29, 1.82) is 0 Å². The van der Waals surface area contributed by atoms with E-state index in [1.165, 1.54) is 25.7 Å². The zero-order chi connectivity index (χ0) is 21.0. The van der Waals surface area contributed by atoms with Crippen molar-refractivity contribution in [2.45, 2.75) is 110 Å². The molecule has 0 aromatic rings. The van der Waals surface area contributed by atoms with E-state index < -0.39 is 5.60 Å². The topological polar surface area (TPSA) is 52.6 Å². The molecule has 0 spiro atoms. The highest BCUT2D eigenvalue weighted by atomic mass is 16.6. The first-order chi connectivity index (χ1) is 13.9. The van der Waals surface area contributed by atoms with Crippen molar-refractivity contribution >= 4 is 11.9 Å². The van der Waals surface area contributed by atoms with Crippen molar-refractivity contribution in [2.75, 3.05) is 0 Å². The largest absolute Gasteiger partial charge is 0.462 e. The van der Waals surface area contributed by atoms with Gasteiger partial charge in [0.05, 0.1) is 5.92 Å². The van der Waals surface area contributed by atoms with Gasteiger partial charge in [-0.1, -0.05) is 59.0 Å². The molecule has 0 N–H and O–H groups in total. The van der Waals surface area contributed by atoms with Crippen molar-refractivity contribution < 1.29 is 19.1 Å². The molecule has 3 rings (SSSR count). The molecule has 4 nitrogen and oxygen atoms in total. The SMILES string of the molecule is C=C(C)C(=O)OC(CCCCCC)(CCCCCC)C1C2CC3OC(=O)C1C3C2. The molecule has 3 aliphatic rings. The molecule has 1 heterocycles. The summed E-state index contributed by atoms with van der Waals surface area (Å²) < 4.78 is 12.1. The summed E-state index contributed by atoms with van der Waals surface area (Å²) >= 11 is 0. The minimum absolute atomic E-state index is 0.0390. The van der Waals surface area contributed by atoms with Crippen LogP contribution in [0.2, 0.25) is 0 Å². The van der Waals surface area contributed by atoms with Crippen LogP contribution >= 0.6 is 0 Å². The minimum Gasteiger partial charge on any atom is -0.462 e. The lowest BCUT2D eigenvalue weighted by molar-refractivity contribution is -0.172. The van der Waals surface area contributed by atoms with Crippen molar-refractivity contribution in [3.63, 3.8) is 0 Å². The Bertz CT molecular complexity index is 596. The van der Waals surface area contributed by atoms with E-state index in [-0.39, 0.29) is 29.9 Å². The van der Waals surface area contributed by atoms with Gasteiger partial charge in [-0.3, -0.25) is 4.79 Å². The molecule has 0 amide bonds. The minimum atomic E-state index is -0.546. The number of fused-ring (bicyclic) bond motifs is 1. The summed E-state index contributed by atoms with van der Waals surface area (Å²) in [6.07, 6.45) is 13.0. The van der Waals surface area contributed by atoms with Crippen molar-refractivity contribution in [3.05, 3.63) is 12.2 Å². The standard InChI is InChI=1S/C25H40O4/c1-5-7-9-11-13-25(14-12-10-8-6-2,29-23(26)17(3)4)22-18-15-19-20(16-18)28-24(27)21(19)22/h18-22H,3,5-16H2,1-2,4H3. The van der Waals surface area contributed by atoms with Gasteiger partial charge in [0.25, 0.3) is 0 Å². The first-order valence-electron chi connectivity index (χ1n) is 12.0. The molecule has 29 heavy (non-hydrogen) atoms. The van der Waals surface area contributed by atoms with Crippen LogP contribution in [0.3, 0.4) is 0 Å². The fraction of sp³-hybridized carbons (Fsp3) is 0.840. The highest BCUT2D eigenvalue weighted by Crippen LogP contribution is 2.62. The molecule has 0 radical (unpaired) electrons. The monoisotopic (exact) mass is 404 g/mol. The third kappa shape index (κ3) is 4.56. The van der Waals surface area contributed by atoms with Crippen LogP contribution in [0.25, 0.3) is 0 Å². The fourth-order valence-corrected chi connectivity index (χ4v) is 6.35. The number of carbonyl (C=O) groups excluding carboxylic acids is 2. The van der Waals surface area contributed by atoms with Gasteiger partial charge in [0, 0.05) is 17.4 Å². The maximum atomic E-state index is 12.7. The molecule has 2 saturated carbocycles. The zero-order valence-corrected chi connectivity index (χ0v) is 18.7. The van der Waals surface area contributed by atoms with E-state index in [0.717, 1.165) is 51.4 Å². The quantitative estimate of drug-likeness (QED) is 0.215. The second-order valence-electron chi connectivity index (χ2n) is 9.78. The lowest BCUT2D eigenvalue weighted by atomic mass is 9.66. The van der Waals surface area contributed by atoms with Crippen LogP contribution in [0.5, 0.6) is 0 Å². The molecule has 1 aliphatic heterocycles. The Balaban J connectivity index is 1.87. The zero-order valence-electron chi connectivity index (χ0n) is 18.7. The van der Waals surface area contributed by atoms with Gasteiger partial charge in [-0.15, -0.1) is 0 Å². The van der Waals surface area contributed by atoms with Gasteiger partial charge < -0.3 is 9.47 Å². The predicted octanol–water partition coefficient (Wildman–Crippen LogP) is 5.98. The summed E-state index contributed by atoms with van der Waals surface area (Å²) in [4.78, 5) is 25.5. The lowest BCUT2D eigenvalue weighted by Gasteiger charge is -2.44. The Morgan fingerprint density at radius 1 is 1.07 bits per heavy atom. The van der Waals surface area contributed by atoms with Crippen LogP contribution < -0.4 is 0 Å². The van der Waals surface area contributed by atoms with E-state index >= 15 is 0 Å². The van der Waals surface area contributed by atoms with Crippen molar-refractivity contribution in [3.8, 4) is 0 Å². The van der Waals surface area contributed by atoms with Crippen LogP contribution in [0.1, 0.15) is 97.8 Å². The van der Waals surface area contributed by atoms with E-state index in [9.17, 15) is 9.59 Å². The highest BCUT2D eigenvalue weighted by molar-refractivity contribution is 5.87. The van der Waals surface area contributed by atoms with Crippen LogP contribution in [-0.4, -0.2) is 23.6 Å². The molecule has 0 aromatic carbocycles. The van der Waals surface area contributed by atoms with Crippen molar-refractivity contribution in [1.82, 2.24) is 0 Å². The van der Waals surface area contributed by atoms with Crippen molar-refractivity contribution in [2.24, 2.45) is 23.7 Å². The average Bonchev–Trinajstić information content (AvgIpc) is 3.31. The summed E-state index contributed by atoms with van der Waals surface area (Å²) in [6.45, 7) is 9.98. The molecule has 2 aliphatic carbocycles. The number of rotatable bonds is 13. The normalized spacial score (nSPS) is 29.9. The van der Waals surface area contributed by atoms with E-state index in [1.807, 2.05) is 0 Å². The molecular formula is C25H40O4. The number of hydrogen-bond donors (Lipinski definition) is 0. The summed E-state index contributed by atoms with van der Waals surface area (Å²) in [7, 11) is 0. The van der Waals surface area contributed by atoms with E-state index in [2.05, 4.69) is 20.4 Å². The predicted molar refractivity (Wildman–Crippen MR) is 114 cm³/mol. The summed E-state index contributed by atoms with van der Waals surface area (Å²) in [6, 6.07) is 0. The molecule has 5 atom stereocenters. The highest BCUT2D eigenvalue weighted by Gasteiger charge is 2.67. The molecular weight excluding hydrogens is 364 g/mol. The summed E-state index contributed by atoms with van der Waals surface area (Å²) in [5.74, 6) is 0.493. The molecule has 2 bridgehead atoms. The van der Waals surface area contributed by atoms with Gasteiger partial charge in [0.1, 0.15) is 11.7 Å². The molecule has 3 fully saturated rings. The van der Waals surface area contributed by atoms with Crippen LogP contribution in [0.4, 0.5) is 0 Å². The van der Waals surface area contributed by atoms with E-state index in [1.54, 1.807) is 6.92 Å². The first kappa shape index (κ1) is 22.4. The van der Waals surface area contributed by atoms with Crippen LogP contribution in [-0.2, 0) is 19.1 Å². The van der Waals surface area contributed by atoms with Crippen LogP contribution in [0.15, 0.2) is 12.2 Å². The van der Waals surface area contributed by atoms with Crippen LogP contribution in [0, 0.1) is 23.7 Å². The number of carbonyl (C=O) groups is 2. The number of hydrogen-bond acceptors (Lipinski definition) is 4. The molecule has 164 valence electrons. The van der Waals surface area contributed by atoms with Gasteiger partial charge >= 0.3 is 11.9 Å². The first-order valence-corrected chi connectivity index (χ1v) is 12.0. The number of esters is 2. The third-order valence-electron chi connectivity index (χ3n) is 7.64. The average molecular weight is 405 g/mol. The Hall–Kier alpha value is -1.32. The second-order valence-corrected chi connectivity index (χ2v) is 9.78. The maximum Gasteiger partial charge on any atom is 0.333 e. The Kier molecular flexibility index (Phi) is 7.45. The second kappa shape index (κ2) is 9.66. The van der Waals surface area contributed by atoms with E-state index in [0.29, 0.717) is 17.4 Å². The third-order valence-corrected chi connectivity index (χ3v) is 7.64. The Morgan fingerprint density at radius 2 is 1.69 bits per heavy atom. The van der Waals surface area contributed by atoms with Gasteiger partial charge in [-0.25, -0.2) is 4.79 Å². The smallest absolute Gasteiger partial charge is 0.333 e. The molecule has 0 aromatic heterocycles. The van der Waals surface area contributed by atoms with E-state index in [4.69, 9.17) is 9.47 Å². The Morgan fingerprint density at radius 3 is 2.24 bits per heavy atom. The van der Waals surface area contributed by atoms with Gasteiger partial charge in [0.15, 0.2) is 0 Å². The number of ether oxygens (including phenoxy) is 2. The number of unbranched alkanes of at least 4 members (excludes halogenated alkanes) is 6. The lowest BCUT2D eigenvalue weighted by Crippen LogP contribution is -2.49. The maximum absolute atomic E-state index is 12.7. The molecule has 4 heteroatoms. The summed E-state index contributed by atoms with van der Waals surface area (Å²) in [5, 5.41) is 0. The van der Waals surface area contributed by atoms with Gasteiger partial charge in [-0.05, 0) is 51.4 Å².